The van der Waals surface area contributed by atoms with Gasteiger partial charge < -0.3 is 10.5 Å². The number of nitrogens with zero attached hydrogens (tertiary/aromatic N) is 2. The molecule has 0 radical (unpaired) electrons. The van der Waals surface area contributed by atoms with Crippen LogP contribution in [-0.4, -0.2) is 42.2 Å². The average molecular weight is 235 g/mol. The van der Waals surface area contributed by atoms with Gasteiger partial charge in [0.05, 0.1) is 13.2 Å². The van der Waals surface area contributed by atoms with Crippen molar-refractivity contribution in [2.24, 2.45) is 5.73 Å². The van der Waals surface area contributed by atoms with Gasteiger partial charge in [0, 0.05) is 37.1 Å². The molecule has 2 N–H and O–H groups in total. The van der Waals surface area contributed by atoms with E-state index < -0.39 is 0 Å². The molecule has 0 aromatic carbocycles. The summed E-state index contributed by atoms with van der Waals surface area (Å²) in [5.41, 5.74) is 8.17. The van der Waals surface area contributed by atoms with Gasteiger partial charge in [0.25, 0.3) is 0 Å². The van der Waals surface area contributed by atoms with Gasteiger partial charge in [0.15, 0.2) is 0 Å². The summed E-state index contributed by atoms with van der Waals surface area (Å²) in [6.45, 7) is 7.32. The van der Waals surface area contributed by atoms with Crippen LogP contribution in [0.4, 0.5) is 0 Å². The van der Waals surface area contributed by atoms with E-state index in [9.17, 15) is 0 Å². The van der Waals surface area contributed by atoms with Crippen LogP contribution in [0.25, 0.3) is 0 Å². The van der Waals surface area contributed by atoms with Crippen molar-refractivity contribution in [3.05, 3.63) is 29.6 Å². The number of ether oxygens (including phenoxy) is 1. The van der Waals surface area contributed by atoms with Gasteiger partial charge in [-0.05, 0) is 25.5 Å². The summed E-state index contributed by atoms with van der Waals surface area (Å²) in [4.78, 5) is 6.77. The molecule has 2 rings (SSSR count). The lowest BCUT2D eigenvalue weighted by Gasteiger charge is -2.39. The Morgan fingerprint density at radius 2 is 2.41 bits per heavy atom. The van der Waals surface area contributed by atoms with Crippen LogP contribution < -0.4 is 5.73 Å². The first-order valence-electron chi connectivity index (χ1n) is 6.18. The monoisotopic (exact) mass is 235 g/mol. The zero-order chi connectivity index (χ0) is 12.3. The first-order valence-corrected chi connectivity index (χ1v) is 6.18. The molecule has 1 aromatic heterocycles. The average Bonchev–Trinajstić information content (AvgIpc) is 2.35. The molecule has 0 aliphatic carbocycles. The minimum atomic E-state index is 0.252. The fourth-order valence-corrected chi connectivity index (χ4v) is 2.34. The third-order valence-electron chi connectivity index (χ3n) is 3.36. The van der Waals surface area contributed by atoms with Crippen LogP contribution in [0, 0.1) is 6.92 Å². The van der Waals surface area contributed by atoms with Crippen molar-refractivity contribution in [1.29, 1.82) is 0 Å². The van der Waals surface area contributed by atoms with Gasteiger partial charge in [-0.15, -0.1) is 0 Å². The number of nitrogens with two attached hydrogens (primary N) is 1. The molecule has 0 amide bonds. The summed E-state index contributed by atoms with van der Waals surface area (Å²) in [5, 5.41) is 0. The highest BCUT2D eigenvalue weighted by molar-refractivity contribution is 5.18. The fourth-order valence-electron chi connectivity index (χ4n) is 2.34. The molecule has 2 unspecified atom stereocenters. The van der Waals surface area contributed by atoms with E-state index in [1.807, 2.05) is 19.2 Å². The summed E-state index contributed by atoms with van der Waals surface area (Å²) in [6, 6.07) is 4.84. The molecule has 0 saturated carbocycles. The minimum absolute atomic E-state index is 0.252. The van der Waals surface area contributed by atoms with Crippen molar-refractivity contribution >= 4 is 0 Å². The number of rotatable bonds is 3. The molecule has 1 aromatic rings. The van der Waals surface area contributed by atoms with Crippen molar-refractivity contribution in [3.63, 3.8) is 0 Å². The van der Waals surface area contributed by atoms with Gasteiger partial charge in [0.1, 0.15) is 0 Å². The molecule has 4 heteroatoms. The Hall–Kier alpha value is -0.970. The molecule has 1 aliphatic rings. The van der Waals surface area contributed by atoms with Crippen LogP contribution in [0.3, 0.4) is 0 Å². The Labute approximate surface area is 103 Å². The second-order valence-corrected chi connectivity index (χ2v) is 4.65. The quantitative estimate of drug-likeness (QED) is 0.852. The van der Waals surface area contributed by atoms with Gasteiger partial charge in [-0.25, -0.2) is 0 Å². The number of morpholine rings is 1. The molecule has 94 valence electrons. The van der Waals surface area contributed by atoms with Gasteiger partial charge in [-0.2, -0.15) is 0 Å². The van der Waals surface area contributed by atoms with E-state index >= 15 is 0 Å². The fraction of sp³-hybridized carbons (Fsp3) is 0.615. The highest BCUT2D eigenvalue weighted by Gasteiger charge is 2.26. The van der Waals surface area contributed by atoms with Crippen LogP contribution >= 0.6 is 0 Å². The predicted molar refractivity (Wildman–Crippen MR) is 67.8 cm³/mol. The van der Waals surface area contributed by atoms with Crippen molar-refractivity contribution in [1.82, 2.24) is 9.88 Å². The Kier molecular flexibility index (Phi) is 4.10. The van der Waals surface area contributed by atoms with Crippen LogP contribution in [-0.2, 0) is 4.74 Å². The van der Waals surface area contributed by atoms with E-state index in [-0.39, 0.29) is 6.04 Å². The summed E-state index contributed by atoms with van der Waals surface area (Å²) in [5.74, 6) is 0. The molecule has 1 fully saturated rings. The second kappa shape index (κ2) is 5.58. The van der Waals surface area contributed by atoms with Gasteiger partial charge in [-0.1, -0.05) is 6.07 Å². The summed E-state index contributed by atoms with van der Waals surface area (Å²) >= 11 is 0. The SMILES string of the molecule is Cc1ccc(C(CN)N2CCOCC2C)cn1. The van der Waals surface area contributed by atoms with Gasteiger partial charge in [-0.3, -0.25) is 9.88 Å². The Morgan fingerprint density at radius 1 is 1.59 bits per heavy atom. The largest absolute Gasteiger partial charge is 0.379 e. The Morgan fingerprint density at radius 3 is 3.00 bits per heavy atom. The molecule has 0 spiro atoms. The van der Waals surface area contributed by atoms with E-state index in [1.165, 1.54) is 5.56 Å². The third-order valence-corrected chi connectivity index (χ3v) is 3.36. The first kappa shape index (κ1) is 12.5. The number of aryl methyl sites for hydroxylation is 1. The zero-order valence-electron chi connectivity index (χ0n) is 10.6. The normalized spacial score (nSPS) is 23.6. The molecular formula is C13H21N3O. The minimum Gasteiger partial charge on any atom is -0.379 e. The van der Waals surface area contributed by atoms with E-state index in [2.05, 4.69) is 22.9 Å². The lowest BCUT2D eigenvalue weighted by atomic mass is 10.0. The van der Waals surface area contributed by atoms with Crippen molar-refractivity contribution in [3.8, 4) is 0 Å². The lowest BCUT2D eigenvalue weighted by molar-refractivity contribution is -0.0210. The smallest absolute Gasteiger partial charge is 0.0620 e. The van der Waals surface area contributed by atoms with Crippen molar-refractivity contribution in [2.75, 3.05) is 26.3 Å². The van der Waals surface area contributed by atoms with Crippen LogP contribution in [0.5, 0.6) is 0 Å². The molecular weight excluding hydrogens is 214 g/mol. The molecule has 2 atom stereocenters. The van der Waals surface area contributed by atoms with Crippen molar-refractivity contribution < 1.29 is 4.74 Å². The zero-order valence-corrected chi connectivity index (χ0v) is 10.6. The lowest BCUT2D eigenvalue weighted by Crippen LogP contribution is -2.47. The van der Waals surface area contributed by atoms with E-state index in [0.29, 0.717) is 12.6 Å². The molecule has 1 aliphatic heterocycles. The number of aromatic nitrogens is 1. The van der Waals surface area contributed by atoms with E-state index in [0.717, 1.165) is 25.5 Å². The predicted octanol–water partition coefficient (Wildman–Crippen LogP) is 1.11. The topological polar surface area (TPSA) is 51.4 Å². The van der Waals surface area contributed by atoms with Gasteiger partial charge >= 0.3 is 0 Å². The summed E-state index contributed by atoms with van der Waals surface area (Å²) < 4.78 is 5.46. The third kappa shape index (κ3) is 2.83. The molecule has 4 nitrogen and oxygen atoms in total. The Balaban J connectivity index is 2.17. The van der Waals surface area contributed by atoms with E-state index in [1.54, 1.807) is 0 Å². The maximum Gasteiger partial charge on any atom is 0.0620 e. The van der Waals surface area contributed by atoms with E-state index in [4.69, 9.17) is 10.5 Å². The maximum absolute atomic E-state index is 5.93. The highest BCUT2D eigenvalue weighted by atomic mass is 16.5. The number of pyridine rings is 1. The van der Waals surface area contributed by atoms with Crippen LogP contribution in [0.1, 0.15) is 24.2 Å². The molecule has 17 heavy (non-hydrogen) atoms. The second-order valence-electron chi connectivity index (χ2n) is 4.65. The van der Waals surface area contributed by atoms with Crippen LogP contribution in [0.2, 0.25) is 0 Å². The van der Waals surface area contributed by atoms with Crippen LogP contribution in [0.15, 0.2) is 18.3 Å². The Bertz CT molecular complexity index is 352. The van der Waals surface area contributed by atoms with Gasteiger partial charge in [0.2, 0.25) is 0 Å². The highest BCUT2D eigenvalue weighted by Crippen LogP contribution is 2.23. The maximum atomic E-state index is 5.93. The first-order chi connectivity index (χ1) is 8.22. The molecule has 1 saturated heterocycles. The number of hydrogen-bond donors (Lipinski definition) is 1. The van der Waals surface area contributed by atoms with Crippen molar-refractivity contribution in [2.45, 2.75) is 25.9 Å². The molecule has 0 bridgehead atoms. The number of hydrogen-bond acceptors (Lipinski definition) is 4. The standard InChI is InChI=1S/C13H21N3O/c1-10-3-4-12(8-15-10)13(7-14)16-5-6-17-9-11(16)2/h3-4,8,11,13H,5-7,9,14H2,1-2H3. The molecule has 2 heterocycles. The summed E-state index contributed by atoms with van der Waals surface area (Å²) in [7, 11) is 0. The summed E-state index contributed by atoms with van der Waals surface area (Å²) in [6.07, 6.45) is 1.94.